The summed E-state index contributed by atoms with van der Waals surface area (Å²) >= 11 is 5.97. The number of furan rings is 1. The predicted octanol–water partition coefficient (Wildman–Crippen LogP) is 2.47. The highest BCUT2D eigenvalue weighted by Gasteiger charge is 2.21. The summed E-state index contributed by atoms with van der Waals surface area (Å²) in [7, 11) is 0. The minimum atomic E-state index is -0.799. The number of halogens is 1. The molecule has 0 aliphatic heterocycles. The lowest BCUT2D eigenvalue weighted by Crippen LogP contribution is -2.39. The van der Waals surface area contributed by atoms with Crippen LogP contribution in [0.2, 0.25) is 5.02 Å². The summed E-state index contributed by atoms with van der Waals surface area (Å²) in [6.45, 7) is 0.143. The lowest BCUT2D eigenvalue weighted by molar-refractivity contribution is -0.136. The maximum atomic E-state index is 12.1. The minimum Gasteiger partial charge on any atom is -0.467 e. The summed E-state index contributed by atoms with van der Waals surface area (Å²) in [5.41, 5.74) is 0.374. The Kier molecular flexibility index (Phi) is 5.15. The Labute approximate surface area is 148 Å². The Morgan fingerprint density at radius 3 is 2.68 bits per heavy atom. The number of hydrogen-bond acceptors (Lipinski definition) is 4. The van der Waals surface area contributed by atoms with Crippen LogP contribution in [-0.4, -0.2) is 28.1 Å². The van der Waals surface area contributed by atoms with Gasteiger partial charge in [0.15, 0.2) is 0 Å². The topological polar surface area (TPSA) is 89.2 Å². The highest BCUT2D eigenvalue weighted by molar-refractivity contribution is 6.41. The predicted molar refractivity (Wildman–Crippen MR) is 92.2 cm³/mol. The van der Waals surface area contributed by atoms with Gasteiger partial charge in [0.2, 0.25) is 0 Å². The first kappa shape index (κ1) is 16.8. The summed E-state index contributed by atoms with van der Waals surface area (Å²) in [6, 6.07) is 11.6. The van der Waals surface area contributed by atoms with Crippen molar-refractivity contribution in [2.24, 2.45) is 0 Å². The van der Waals surface area contributed by atoms with E-state index in [1.807, 2.05) is 0 Å². The van der Waals surface area contributed by atoms with Crippen molar-refractivity contribution in [2.75, 3.05) is 11.9 Å². The van der Waals surface area contributed by atoms with Gasteiger partial charge in [0.25, 0.3) is 0 Å². The van der Waals surface area contributed by atoms with Crippen LogP contribution in [0.4, 0.5) is 5.69 Å². The first-order valence-electron chi connectivity index (χ1n) is 7.51. The zero-order valence-electron chi connectivity index (χ0n) is 13.1. The molecule has 8 heteroatoms. The van der Waals surface area contributed by atoms with Crippen LogP contribution >= 0.6 is 11.6 Å². The maximum absolute atomic E-state index is 12.1. The van der Waals surface area contributed by atoms with E-state index in [1.54, 1.807) is 59.5 Å². The van der Waals surface area contributed by atoms with Gasteiger partial charge in [-0.2, -0.15) is 5.10 Å². The summed E-state index contributed by atoms with van der Waals surface area (Å²) in [5.74, 6) is -0.953. The number of benzene rings is 1. The monoisotopic (exact) mass is 358 g/mol. The van der Waals surface area contributed by atoms with Crippen LogP contribution < -0.4 is 10.6 Å². The van der Waals surface area contributed by atoms with Crippen molar-refractivity contribution in [1.82, 2.24) is 15.1 Å². The van der Waals surface area contributed by atoms with Crippen molar-refractivity contribution in [3.8, 4) is 0 Å². The third-order valence-electron chi connectivity index (χ3n) is 3.50. The van der Waals surface area contributed by atoms with Crippen molar-refractivity contribution >= 4 is 29.1 Å². The zero-order valence-corrected chi connectivity index (χ0v) is 13.8. The lowest BCUT2D eigenvalue weighted by Gasteiger charge is -2.16. The van der Waals surface area contributed by atoms with E-state index in [0.29, 0.717) is 16.5 Å². The summed E-state index contributed by atoms with van der Waals surface area (Å²) in [5, 5.41) is 9.58. The fourth-order valence-corrected chi connectivity index (χ4v) is 2.46. The molecule has 0 bridgehead atoms. The molecule has 25 heavy (non-hydrogen) atoms. The molecule has 0 spiro atoms. The highest BCUT2D eigenvalue weighted by Crippen LogP contribution is 2.20. The van der Waals surface area contributed by atoms with Gasteiger partial charge in [-0.3, -0.25) is 14.3 Å². The van der Waals surface area contributed by atoms with Gasteiger partial charge < -0.3 is 15.1 Å². The second-order valence-electron chi connectivity index (χ2n) is 5.16. The molecule has 128 valence electrons. The summed E-state index contributed by atoms with van der Waals surface area (Å²) < 4.78 is 7.04. The Hall–Kier alpha value is -3.06. The first-order chi connectivity index (χ1) is 12.1. The second kappa shape index (κ2) is 7.67. The van der Waals surface area contributed by atoms with Gasteiger partial charge in [-0.25, -0.2) is 0 Å². The summed E-state index contributed by atoms with van der Waals surface area (Å²) in [6.07, 6.45) is 4.92. The van der Waals surface area contributed by atoms with E-state index >= 15 is 0 Å². The average Bonchev–Trinajstić information content (AvgIpc) is 3.31. The number of para-hydroxylation sites is 1. The number of anilines is 1. The van der Waals surface area contributed by atoms with Gasteiger partial charge in [0.05, 0.1) is 17.0 Å². The van der Waals surface area contributed by atoms with E-state index in [4.69, 9.17) is 16.0 Å². The molecule has 0 saturated heterocycles. The van der Waals surface area contributed by atoms with Gasteiger partial charge in [-0.1, -0.05) is 23.7 Å². The molecule has 0 saturated carbocycles. The molecule has 2 heterocycles. The largest absolute Gasteiger partial charge is 0.467 e. The summed E-state index contributed by atoms with van der Waals surface area (Å²) in [4.78, 5) is 24.1. The van der Waals surface area contributed by atoms with Crippen LogP contribution in [0.5, 0.6) is 0 Å². The number of amides is 2. The van der Waals surface area contributed by atoms with E-state index in [0.717, 1.165) is 0 Å². The van der Waals surface area contributed by atoms with Crippen LogP contribution in [0.3, 0.4) is 0 Å². The maximum Gasteiger partial charge on any atom is 0.313 e. The van der Waals surface area contributed by atoms with Crippen LogP contribution in [0.1, 0.15) is 11.8 Å². The van der Waals surface area contributed by atoms with Gasteiger partial charge in [-0.15, -0.1) is 0 Å². The van der Waals surface area contributed by atoms with Gasteiger partial charge >= 0.3 is 11.8 Å². The van der Waals surface area contributed by atoms with Crippen molar-refractivity contribution in [3.63, 3.8) is 0 Å². The third-order valence-corrected chi connectivity index (χ3v) is 3.83. The van der Waals surface area contributed by atoms with Gasteiger partial charge in [0, 0.05) is 18.9 Å². The number of nitrogens with one attached hydrogen (secondary N) is 2. The number of rotatable bonds is 5. The Morgan fingerprint density at radius 2 is 2.00 bits per heavy atom. The molecular formula is C17H15ClN4O3. The third kappa shape index (κ3) is 4.07. The van der Waals surface area contributed by atoms with Crippen LogP contribution in [0.25, 0.3) is 0 Å². The molecule has 1 aromatic carbocycles. The van der Waals surface area contributed by atoms with Crippen molar-refractivity contribution in [2.45, 2.75) is 6.04 Å². The quantitative estimate of drug-likeness (QED) is 0.686. The molecule has 3 aromatic rings. The number of carbonyl (C=O) groups is 2. The molecule has 0 unspecified atom stereocenters. The fourth-order valence-electron chi connectivity index (χ4n) is 2.28. The van der Waals surface area contributed by atoms with Gasteiger partial charge in [-0.05, 0) is 30.3 Å². The minimum absolute atomic E-state index is 0.143. The Balaban J connectivity index is 1.64. The van der Waals surface area contributed by atoms with Crippen LogP contribution in [-0.2, 0) is 9.59 Å². The zero-order chi connectivity index (χ0) is 17.6. The number of carbonyl (C=O) groups excluding carboxylic acids is 2. The molecule has 0 aliphatic rings. The van der Waals surface area contributed by atoms with Crippen molar-refractivity contribution in [1.29, 1.82) is 0 Å². The van der Waals surface area contributed by atoms with Crippen molar-refractivity contribution < 1.29 is 14.0 Å². The smallest absolute Gasteiger partial charge is 0.313 e. The molecule has 2 N–H and O–H groups in total. The van der Waals surface area contributed by atoms with E-state index < -0.39 is 11.8 Å². The van der Waals surface area contributed by atoms with E-state index in [1.165, 1.54) is 6.26 Å². The van der Waals surface area contributed by atoms with E-state index in [2.05, 4.69) is 15.7 Å². The van der Waals surface area contributed by atoms with Gasteiger partial charge in [0.1, 0.15) is 11.8 Å². The standard InChI is InChI=1S/C17H15ClN4O3/c18-12-5-1-2-6-13(12)21-17(24)16(23)19-11-14(15-7-3-10-25-15)22-9-4-8-20-22/h1-10,14H,11H2,(H,19,23)(H,21,24)/t14-/m0/s1. The molecule has 1 atom stereocenters. The Bertz CT molecular complexity index is 812. The molecule has 0 radical (unpaired) electrons. The SMILES string of the molecule is O=C(NC[C@@H](c1ccco1)n1cccn1)C(=O)Nc1ccccc1Cl. The molecule has 0 aliphatic carbocycles. The first-order valence-corrected chi connectivity index (χ1v) is 7.89. The van der Waals surface area contributed by atoms with Crippen LogP contribution in [0, 0.1) is 0 Å². The fraction of sp³-hybridized carbons (Fsp3) is 0.118. The van der Waals surface area contributed by atoms with Crippen LogP contribution in [0.15, 0.2) is 65.5 Å². The molecule has 7 nitrogen and oxygen atoms in total. The van der Waals surface area contributed by atoms with E-state index in [-0.39, 0.29) is 12.6 Å². The number of nitrogens with zero attached hydrogens (tertiary/aromatic N) is 2. The normalized spacial score (nSPS) is 11.7. The molecule has 2 aromatic heterocycles. The molecule has 3 rings (SSSR count). The molecule has 0 fully saturated rings. The Morgan fingerprint density at radius 1 is 1.16 bits per heavy atom. The second-order valence-corrected chi connectivity index (χ2v) is 5.57. The molecular weight excluding hydrogens is 344 g/mol. The molecule has 2 amide bonds. The highest BCUT2D eigenvalue weighted by atomic mass is 35.5. The van der Waals surface area contributed by atoms with Crippen molar-refractivity contribution in [3.05, 3.63) is 71.9 Å². The average molecular weight is 359 g/mol. The number of aromatic nitrogens is 2. The number of hydrogen-bond donors (Lipinski definition) is 2. The van der Waals surface area contributed by atoms with E-state index in [9.17, 15) is 9.59 Å². The lowest BCUT2D eigenvalue weighted by atomic mass is 10.2.